The Kier molecular flexibility index (Phi) is 3.66. The summed E-state index contributed by atoms with van der Waals surface area (Å²) in [6.45, 7) is 0. The number of carbonyl (C=O) groups is 1. The third-order valence-electron chi connectivity index (χ3n) is 3.75. The van der Waals surface area contributed by atoms with Crippen LogP contribution in [0.4, 0.5) is 5.95 Å². The monoisotopic (exact) mass is 334 g/mol. The Hall–Kier alpha value is -3.61. The quantitative estimate of drug-likeness (QED) is 0.619. The van der Waals surface area contributed by atoms with Crippen LogP contribution in [-0.2, 0) is 0 Å². The summed E-state index contributed by atoms with van der Waals surface area (Å²) in [4.78, 5) is 16.7. The van der Waals surface area contributed by atoms with Gasteiger partial charge in [0.05, 0.1) is 25.3 Å². The molecule has 1 N–H and O–H groups in total. The molecule has 124 valence electrons. The van der Waals surface area contributed by atoms with Crippen molar-refractivity contribution in [3.05, 3.63) is 66.6 Å². The molecule has 0 radical (unpaired) electrons. The van der Waals surface area contributed by atoms with Gasteiger partial charge in [0.15, 0.2) is 5.65 Å². The molecule has 4 aromatic rings. The van der Waals surface area contributed by atoms with E-state index in [0.717, 1.165) is 11.3 Å². The summed E-state index contributed by atoms with van der Waals surface area (Å²) in [5.41, 5.74) is 2.82. The predicted molar refractivity (Wildman–Crippen MR) is 91.6 cm³/mol. The van der Waals surface area contributed by atoms with Crippen LogP contribution in [-0.4, -0.2) is 27.6 Å². The van der Waals surface area contributed by atoms with Crippen molar-refractivity contribution in [2.75, 3.05) is 12.4 Å². The van der Waals surface area contributed by atoms with Gasteiger partial charge >= 0.3 is 0 Å². The number of fused-ring (bicyclic) bond motifs is 1. The van der Waals surface area contributed by atoms with Crippen LogP contribution in [0.25, 0.3) is 16.9 Å². The molecule has 0 aliphatic carbocycles. The molecule has 7 heteroatoms. The maximum atomic E-state index is 12.3. The molecule has 4 rings (SSSR count). The lowest BCUT2D eigenvalue weighted by Gasteiger charge is -2.02. The molecular formula is C18H14N4O3. The zero-order valence-electron chi connectivity index (χ0n) is 13.3. The summed E-state index contributed by atoms with van der Waals surface area (Å²) in [5.74, 6) is 0.632. The fourth-order valence-corrected chi connectivity index (χ4v) is 2.50. The molecule has 0 bridgehead atoms. The average Bonchev–Trinajstić information content (AvgIpc) is 3.30. The first-order valence-corrected chi connectivity index (χ1v) is 7.58. The Morgan fingerprint density at radius 2 is 2.00 bits per heavy atom. The van der Waals surface area contributed by atoms with Gasteiger partial charge in [0.2, 0.25) is 5.95 Å². The van der Waals surface area contributed by atoms with E-state index in [-0.39, 0.29) is 11.9 Å². The minimum Gasteiger partial charge on any atom is -0.497 e. The minimum atomic E-state index is -0.288. The van der Waals surface area contributed by atoms with Crippen LogP contribution in [0.2, 0.25) is 0 Å². The lowest BCUT2D eigenvalue weighted by molar-refractivity contribution is 0.102. The van der Waals surface area contributed by atoms with E-state index < -0.39 is 0 Å². The zero-order chi connectivity index (χ0) is 17.2. The molecule has 1 aromatic carbocycles. The first kappa shape index (κ1) is 14.9. The number of hydrogen-bond donors (Lipinski definition) is 1. The molecule has 0 saturated heterocycles. The molecule has 0 saturated carbocycles. The zero-order valence-corrected chi connectivity index (χ0v) is 13.3. The molecule has 0 atom stereocenters. The maximum Gasteiger partial charge on any atom is 0.258 e. The number of pyridine rings is 1. The maximum absolute atomic E-state index is 12.3. The Labute approximate surface area is 142 Å². The Morgan fingerprint density at radius 3 is 2.72 bits per heavy atom. The second kappa shape index (κ2) is 6.12. The third kappa shape index (κ3) is 2.83. The van der Waals surface area contributed by atoms with Crippen LogP contribution in [0, 0.1) is 0 Å². The van der Waals surface area contributed by atoms with Crippen LogP contribution in [0.3, 0.4) is 0 Å². The van der Waals surface area contributed by atoms with Crippen LogP contribution in [0.15, 0.2) is 65.5 Å². The van der Waals surface area contributed by atoms with Gasteiger partial charge in [0.1, 0.15) is 5.75 Å². The minimum absolute atomic E-state index is 0.233. The summed E-state index contributed by atoms with van der Waals surface area (Å²) in [7, 11) is 1.58. The van der Waals surface area contributed by atoms with E-state index >= 15 is 0 Å². The molecule has 3 heterocycles. The van der Waals surface area contributed by atoms with E-state index in [2.05, 4.69) is 15.4 Å². The van der Waals surface area contributed by atoms with E-state index in [9.17, 15) is 4.79 Å². The number of nitrogens with zero attached hydrogens (tertiary/aromatic N) is 3. The predicted octanol–water partition coefficient (Wildman–Crippen LogP) is 3.25. The van der Waals surface area contributed by atoms with Crippen molar-refractivity contribution < 1.29 is 13.9 Å². The fraction of sp³-hybridized carbons (Fsp3) is 0.0556. The largest absolute Gasteiger partial charge is 0.497 e. The Morgan fingerprint density at radius 1 is 1.16 bits per heavy atom. The van der Waals surface area contributed by atoms with Crippen molar-refractivity contribution in [3.8, 4) is 17.0 Å². The lowest BCUT2D eigenvalue weighted by atomic mass is 10.2. The number of benzene rings is 1. The number of furan rings is 1. The third-order valence-corrected chi connectivity index (χ3v) is 3.75. The molecule has 1 amide bonds. The van der Waals surface area contributed by atoms with Crippen molar-refractivity contribution >= 4 is 17.5 Å². The molecule has 7 nitrogen and oxygen atoms in total. The van der Waals surface area contributed by atoms with E-state index in [1.807, 2.05) is 24.3 Å². The van der Waals surface area contributed by atoms with Crippen LogP contribution in [0.5, 0.6) is 5.75 Å². The van der Waals surface area contributed by atoms with Crippen molar-refractivity contribution in [1.82, 2.24) is 14.6 Å². The summed E-state index contributed by atoms with van der Waals surface area (Å²) < 4.78 is 11.9. The standard InChI is InChI=1S/C18H14N4O3/c1-24-14-7-5-12(6-8-14)17(23)20-18-19-16-4-2-3-15(22(16)21-18)13-9-10-25-11-13/h2-11H,1H3,(H,20,21,23). The molecule has 0 fully saturated rings. The van der Waals surface area contributed by atoms with E-state index in [1.54, 1.807) is 48.4 Å². The second-order valence-electron chi connectivity index (χ2n) is 5.31. The van der Waals surface area contributed by atoms with Gasteiger partial charge in [-0.1, -0.05) is 6.07 Å². The molecular weight excluding hydrogens is 320 g/mol. The summed E-state index contributed by atoms with van der Waals surface area (Å²) in [6, 6.07) is 14.3. The highest BCUT2D eigenvalue weighted by atomic mass is 16.5. The number of methoxy groups -OCH3 is 1. The molecule has 0 spiro atoms. The van der Waals surface area contributed by atoms with Crippen molar-refractivity contribution in [2.45, 2.75) is 0 Å². The number of nitrogens with one attached hydrogen (secondary N) is 1. The summed E-state index contributed by atoms with van der Waals surface area (Å²) in [5, 5.41) is 7.09. The highest BCUT2D eigenvalue weighted by molar-refractivity contribution is 6.03. The SMILES string of the molecule is COc1ccc(C(=O)Nc2nc3cccc(-c4ccoc4)n3n2)cc1. The Bertz CT molecular complexity index is 1020. The highest BCUT2D eigenvalue weighted by Crippen LogP contribution is 2.21. The van der Waals surface area contributed by atoms with E-state index in [0.29, 0.717) is 17.0 Å². The number of rotatable bonds is 4. The van der Waals surface area contributed by atoms with Crippen molar-refractivity contribution in [1.29, 1.82) is 0 Å². The first-order valence-electron chi connectivity index (χ1n) is 7.58. The summed E-state index contributed by atoms with van der Waals surface area (Å²) >= 11 is 0. The van der Waals surface area contributed by atoms with Crippen LogP contribution in [0.1, 0.15) is 10.4 Å². The van der Waals surface area contributed by atoms with E-state index in [4.69, 9.17) is 9.15 Å². The van der Waals surface area contributed by atoms with Crippen molar-refractivity contribution in [3.63, 3.8) is 0 Å². The van der Waals surface area contributed by atoms with Gasteiger partial charge in [-0.25, -0.2) is 4.52 Å². The lowest BCUT2D eigenvalue weighted by Crippen LogP contribution is -2.13. The topological polar surface area (TPSA) is 81.7 Å². The second-order valence-corrected chi connectivity index (χ2v) is 5.31. The van der Waals surface area contributed by atoms with Gasteiger partial charge in [-0.3, -0.25) is 10.1 Å². The van der Waals surface area contributed by atoms with E-state index in [1.165, 1.54) is 0 Å². The number of anilines is 1. The summed E-state index contributed by atoms with van der Waals surface area (Å²) in [6.07, 6.45) is 3.23. The molecule has 0 aliphatic heterocycles. The fourth-order valence-electron chi connectivity index (χ4n) is 2.50. The van der Waals surface area contributed by atoms with Crippen LogP contribution >= 0.6 is 0 Å². The molecule has 25 heavy (non-hydrogen) atoms. The van der Waals surface area contributed by atoms with Gasteiger partial charge in [0, 0.05) is 11.1 Å². The Balaban J connectivity index is 1.63. The number of hydrogen-bond acceptors (Lipinski definition) is 5. The smallest absolute Gasteiger partial charge is 0.258 e. The number of amides is 1. The van der Waals surface area contributed by atoms with Gasteiger partial charge in [-0.05, 0) is 42.5 Å². The average molecular weight is 334 g/mol. The van der Waals surface area contributed by atoms with Crippen molar-refractivity contribution in [2.24, 2.45) is 0 Å². The number of ether oxygens (including phenoxy) is 1. The number of carbonyl (C=O) groups excluding carboxylic acids is 1. The van der Waals surface area contributed by atoms with Crippen LogP contribution < -0.4 is 10.1 Å². The molecule has 0 unspecified atom stereocenters. The highest BCUT2D eigenvalue weighted by Gasteiger charge is 2.13. The molecule has 3 aromatic heterocycles. The van der Waals surface area contributed by atoms with Gasteiger partial charge in [0.25, 0.3) is 5.91 Å². The number of aromatic nitrogens is 3. The first-order chi connectivity index (χ1) is 12.2. The van der Waals surface area contributed by atoms with Gasteiger partial charge in [-0.15, -0.1) is 5.10 Å². The molecule has 0 aliphatic rings. The van der Waals surface area contributed by atoms with Gasteiger partial charge < -0.3 is 9.15 Å². The normalized spacial score (nSPS) is 10.8. The van der Waals surface area contributed by atoms with Gasteiger partial charge in [-0.2, -0.15) is 4.98 Å².